The Labute approximate surface area is 154 Å². The minimum Gasteiger partial charge on any atom is -0.465 e. The zero-order valence-electron chi connectivity index (χ0n) is 16.3. The third kappa shape index (κ3) is 3.90. The van der Waals surface area contributed by atoms with Gasteiger partial charge in [0.1, 0.15) is 5.69 Å². The Morgan fingerprint density at radius 3 is 2.58 bits per heavy atom. The second kappa shape index (κ2) is 8.08. The van der Waals surface area contributed by atoms with E-state index in [-0.39, 0.29) is 5.91 Å². The maximum atomic E-state index is 12.7. The molecule has 0 saturated carbocycles. The molecule has 0 aliphatic carbocycles. The molecule has 1 amide bonds. The van der Waals surface area contributed by atoms with Gasteiger partial charge in [0.25, 0.3) is 5.91 Å². The number of hydrogen-bond acceptors (Lipinski definition) is 4. The molecule has 0 aliphatic heterocycles. The first-order valence-electron chi connectivity index (χ1n) is 8.74. The molecule has 2 rings (SSSR count). The topological polar surface area (TPSA) is 74.4 Å². The zero-order valence-corrected chi connectivity index (χ0v) is 16.3. The number of aromatic amines is 1. The number of hydrogen-bond donors (Lipinski definition) is 2. The number of aryl methyl sites for hydroxylation is 1. The van der Waals surface area contributed by atoms with E-state index < -0.39 is 5.97 Å². The maximum Gasteiger partial charge on any atom is 0.339 e. The van der Waals surface area contributed by atoms with Crippen molar-refractivity contribution in [3.05, 3.63) is 46.8 Å². The van der Waals surface area contributed by atoms with Crippen molar-refractivity contribution < 1.29 is 14.3 Å². The van der Waals surface area contributed by atoms with Crippen LogP contribution in [0.25, 0.3) is 0 Å². The quantitative estimate of drug-likeness (QED) is 0.772. The summed E-state index contributed by atoms with van der Waals surface area (Å²) < 4.78 is 4.84. The average Bonchev–Trinajstić information content (AvgIpc) is 2.97. The highest BCUT2D eigenvalue weighted by molar-refractivity contribution is 6.07. The Bertz CT molecular complexity index is 809. The molecule has 0 fully saturated rings. The molecule has 6 nitrogen and oxygen atoms in total. The van der Waals surface area contributed by atoms with Gasteiger partial charge in [-0.15, -0.1) is 0 Å². The van der Waals surface area contributed by atoms with Crippen molar-refractivity contribution >= 4 is 23.3 Å². The molecule has 140 valence electrons. The molecule has 2 aromatic rings. The second-order valence-electron chi connectivity index (χ2n) is 6.53. The number of carbonyl (C=O) groups is 2. The number of amides is 1. The van der Waals surface area contributed by atoms with Crippen molar-refractivity contribution in [3.63, 3.8) is 0 Å². The van der Waals surface area contributed by atoms with E-state index in [4.69, 9.17) is 4.74 Å². The molecule has 1 aromatic carbocycles. The van der Waals surface area contributed by atoms with Crippen LogP contribution in [0.4, 0.5) is 11.4 Å². The van der Waals surface area contributed by atoms with Gasteiger partial charge >= 0.3 is 5.97 Å². The van der Waals surface area contributed by atoms with Crippen molar-refractivity contribution in [1.82, 2.24) is 4.98 Å². The fourth-order valence-electron chi connectivity index (χ4n) is 2.82. The molecule has 0 aliphatic rings. The van der Waals surface area contributed by atoms with E-state index in [1.54, 1.807) is 6.92 Å². The fraction of sp³-hybridized carbons (Fsp3) is 0.400. The number of ether oxygens (including phenoxy) is 1. The highest BCUT2D eigenvalue weighted by Crippen LogP contribution is 2.23. The molecule has 26 heavy (non-hydrogen) atoms. The van der Waals surface area contributed by atoms with E-state index in [2.05, 4.69) is 29.0 Å². The molecule has 6 heteroatoms. The zero-order chi connectivity index (χ0) is 19.4. The van der Waals surface area contributed by atoms with E-state index in [0.717, 1.165) is 5.69 Å². The number of nitrogens with one attached hydrogen (secondary N) is 2. The second-order valence-corrected chi connectivity index (χ2v) is 6.53. The summed E-state index contributed by atoms with van der Waals surface area (Å²) in [6, 6.07) is 8.03. The van der Waals surface area contributed by atoms with E-state index in [9.17, 15) is 9.59 Å². The van der Waals surface area contributed by atoms with Gasteiger partial charge in [0.05, 0.1) is 12.7 Å². The van der Waals surface area contributed by atoms with Crippen LogP contribution in [-0.4, -0.2) is 37.1 Å². The molecular formula is C20H27N3O3. The molecule has 0 bridgehead atoms. The lowest BCUT2D eigenvalue weighted by Crippen LogP contribution is -2.25. The summed E-state index contributed by atoms with van der Waals surface area (Å²) in [5, 5.41) is 2.91. The standard InChI is InChI=1S/C20H27N3O3/c1-7-16-17(20(25)26-6)13(4)18(22-16)19(24)21-14-9-8-10-15(11-14)23(5)12(2)3/h8-12,22H,7H2,1-6H3,(H,21,24). The molecular weight excluding hydrogens is 330 g/mol. The Morgan fingerprint density at radius 1 is 1.31 bits per heavy atom. The van der Waals surface area contributed by atoms with Gasteiger partial charge in [0.2, 0.25) is 0 Å². The van der Waals surface area contributed by atoms with Crippen LogP contribution in [0, 0.1) is 6.92 Å². The van der Waals surface area contributed by atoms with Crippen molar-refractivity contribution in [3.8, 4) is 0 Å². The first kappa shape index (κ1) is 19.6. The predicted octanol–water partition coefficient (Wildman–Crippen LogP) is 3.77. The summed E-state index contributed by atoms with van der Waals surface area (Å²) in [4.78, 5) is 29.9. The molecule has 0 spiro atoms. The van der Waals surface area contributed by atoms with Gasteiger partial charge in [0, 0.05) is 30.2 Å². The minimum absolute atomic E-state index is 0.281. The van der Waals surface area contributed by atoms with Gasteiger partial charge in [-0.3, -0.25) is 4.79 Å². The first-order valence-corrected chi connectivity index (χ1v) is 8.74. The SMILES string of the molecule is CCc1[nH]c(C(=O)Nc2cccc(N(C)C(C)C)c2)c(C)c1C(=O)OC. The molecule has 0 atom stereocenters. The molecule has 1 aromatic heterocycles. The van der Waals surface area contributed by atoms with Crippen molar-refractivity contribution in [1.29, 1.82) is 0 Å². The Balaban J connectivity index is 2.30. The Hall–Kier alpha value is -2.76. The van der Waals surface area contributed by atoms with E-state index in [1.165, 1.54) is 7.11 Å². The van der Waals surface area contributed by atoms with E-state index in [0.29, 0.717) is 40.7 Å². The molecule has 1 heterocycles. The van der Waals surface area contributed by atoms with Crippen LogP contribution >= 0.6 is 0 Å². The Morgan fingerprint density at radius 2 is 2.00 bits per heavy atom. The highest BCUT2D eigenvalue weighted by Gasteiger charge is 2.23. The highest BCUT2D eigenvalue weighted by atomic mass is 16.5. The van der Waals surface area contributed by atoms with Crippen LogP contribution in [0.1, 0.15) is 52.9 Å². The number of rotatable bonds is 6. The van der Waals surface area contributed by atoms with Crippen molar-refractivity contribution in [2.75, 3.05) is 24.4 Å². The fourth-order valence-corrected chi connectivity index (χ4v) is 2.82. The number of methoxy groups -OCH3 is 1. The third-order valence-corrected chi connectivity index (χ3v) is 4.58. The summed E-state index contributed by atoms with van der Waals surface area (Å²) in [5.41, 5.74) is 3.84. The van der Waals surface area contributed by atoms with Crippen LogP contribution in [0.2, 0.25) is 0 Å². The third-order valence-electron chi connectivity index (χ3n) is 4.58. The van der Waals surface area contributed by atoms with Crippen molar-refractivity contribution in [2.45, 2.75) is 40.2 Å². The largest absolute Gasteiger partial charge is 0.465 e. The maximum absolute atomic E-state index is 12.7. The van der Waals surface area contributed by atoms with E-state index in [1.807, 2.05) is 38.2 Å². The summed E-state index contributed by atoms with van der Waals surface area (Å²) in [5.74, 6) is -0.716. The number of esters is 1. The molecule has 0 radical (unpaired) electrons. The minimum atomic E-state index is -0.435. The van der Waals surface area contributed by atoms with Crippen molar-refractivity contribution in [2.24, 2.45) is 0 Å². The smallest absolute Gasteiger partial charge is 0.339 e. The van der Waals surface area contributed by atoms with Crippen LogP contribution < -0.4 is 10.2 Å². The average molecular weight is 357 g/mol. The number of nitrogens with zero attached hydrogens (tertiary/aromatic N) is 1. The van der Waals surface area contributed by atoms with Gasteiger partial charge < -0.3 is 19.9 Å². The normalized spacial score (nSPS) is 10.7. The van der Waals surface area contributed by atoms with Crippen LogP contribution in [0.3, 0.4) is 0 Å². The summed E-state index contributed by atoms with van der Waals surface area (Å²) in [6.07, 6.45) is 0.604. The monoisotopic (exact) mass is 357 g/mol. The number of anilines is 2. The molecule has 2 N–H and O–H groups in total. The number of benzene rings is 1. The lowest BCUT2D eigenvalue weighted by Gasteiger charge is -2.24. The predicted molar refractivity (Wildman–Crippen MR) is 104 cm³/mol. The van der Waals surface area contributed by atoms with E-state index >= 15 is 0 Å². The number of H-pyrrole nitrogens is 1. The van der Waals surface area contributed by atoms with Gasteiger partial charge in [-0.05, 0) is 51.0 Å². The summed E-state index contributed by atoms with van der Waals surface area (Å²) >= 11 is 0. The lowest BCUT2D eigenvalue weighted by atomic mass is 10.1. The molecule has 0 unspecified atom stereocenters. The van der Waals surface area contributed by atoms with Gasteiger partial charge in [-0.1, -0.05) is 13.0 Å². The van der Waals surface area contributed by atoms with Crippen LogP contribution in [0.15, 0.2) is 24.3 Å². The van der Waals surface area contributed by atoms with Gasteiger partial charge in [-0.25, -0.2) is 4.79 Å². The Kier molecular flexibility index (Phi) is 6.08. The lowest BCUT2D eigenvalue weighted by molar-refractivity contribution is 0.0599. The first-order chi connectivity index (χ1) is 12.3. The van der Waals surface area contributed by atoms with Gasteiger partial charge in [-0.2, -0.15) is 0 Å². The summed E-state index contributed by atoms with van der Waals surface area (Å²) in [7, 11) is 3.35. The summed E-state index contributed by atoms with van der Waals surface area (Å²) in [6.45, 7) is 7.88. The molecule has 0 saturated heterocycles. The van der Waals surface area contributed by atoms with Crippen LogP contribution in [-0.2, 0) is 11.2 Å². The number of carbonyl (C=O) groups excluding carboxylic acids is 2. The van der Waals surface area contributed by atoms with Crippen LogP contribution in [0.5, 0.6) is 0 Å². The van der Waals surface area contributed by atoms with Gasteiger partial charge in [0.15, 0.2) is 0 Å². The number of aromatic nitrogens is 1.